The number of aryl methyl sites for hydroxylation is 1. The molecule has 2 aliphatic rings. The maximum atomic E-state index is 16.2. The van der Waals surface area contributed by atoms with Crippen molar-refractivity contribution in [2.24, 2.45) is 12.5 Å². The van der Waals surface area contributed by atoms with E-state index in [1.54, 1.807) is 66.8 Å². The number of rotatable bonds is 8. The second kappa shape index (κ2) is 14.7. The Morgan fingerprint density at radius 1 is 1.12 bits per heavy atom. The molecule has 3 aromatic rings. The number of nitrogens with zero attached hydrogens (tertiary/aromatic N) is 5. The minimum atomic E-state index is -3.04. The van der Waals surface area contributed by atoms with Gasteiger partial charge in [0.2, 0.25) is 0 Å². The number of carbonyl (C=O) groups is 1. The monoisotopic (exact) mass is 715 g/mol. The van der Waals surface area contributed by atoms with Gasteiger partial charge in [-0.2, -0.15) is 5.26 Å². The van der Waals surface area contributed by atoms with E-state index in [1.807, 2.05) is 65.0 Å². The average Bonchev–Trinajstić information content (AvgIpc) is 3.10. The van der Waals surface area contributed by atoms with Gasteiger partial charge in [0.05, 0.1) is 38.4 Å². The van der Waals surface area contributed by atoms with E-state index in [1.165, 1.54) is 0 Å². The highest BCUT2D eigenvalue weighted by Gasteiger charge is 2.47. The lowest BCUT2D eigenvalue weighted by molar-refractivity contribution is -0.129. The van der Waals surface area contributed by atoms with Gasteiger partial charge in [0.15, 0.2) is 0 Å². The van der Waals surface area contributed by atoms with Crippen LogP contribution in [0.15, 0.2) is 53.0 Å². The SMILES string of the molecule is COc1cc(-c2cn(C)c(=O)c(C)c2C)cc(OC)c1CN1CCC(N(C)c2cccc3c2CCN(C(=O)C(C#N)=CC(C)(C)C)C3C)C(F)(F)C1. The number of fused-ring (bicyclic) bond motifs is 1. The minimum Gasteiger partial charge on any atom is -0.496 e. The van der Waals surface area contributed by atoms with Gasteiger partial charge in [0.1, 0.15) is 23.1 Å². The van der Waals surface area contributed by atoms with Crippen molar-refractivity contribution in [2.45, 2.75) is 78.9 Å². The van der Waals surface area contributed by atoms with Crippen molar-refractivity contribution in [1.82, 2.24) is 14.4 Å². The number of amides is 1. The topological polar surface area (TPSA) is 91.0 Å². The maximum Gasteiger partial charge on any atom is 0.280 e. The second-order valence-corrected chi connectivity index (χ2v) is 15.3. The number of pyridine rings is 1. The fraction of sp³-hybridized carbons (Fsp3) is 0.488. The van der Waals surface area contributed by atoms with Crippen molar-refractivity contribution in [3.05, 3.63) is 86.3 Å². The number of hydrogen-bond donors (Lipinski definition) is 0. The zero-order valence-corrected chi connectivity index (χ0v) is 32.1. The lowest BCUT2D eigenvalue weighted by atomic mass is 9.89. The molecule has 1 saturated heterocycles. The van der Waals surface area contributed by atoms with Crippen LogP contribution in [0.5, 0.6) is 11.5 Å². The van der Waals surface area contributed by atoms with Crippen LogP contribution in [0.25, 0.3) is 11.1 Å². The summed E-state index contributed by atoms with van der Waals surface area (Å²) in [6, 6.07) is 10.2. The molecule has 0 radical (unpaired) electrons. The van der Waals surface area contributed by atoms with Crippen molar-refractivity contribution < 1.29 is 23.0 Å². The fourth-order valence-electron chi connectivity index (χ4n) is 7.75. The van der Waals surface area contributed by atoms with Crippen LogP contribution >= 0.6 is 0 Å². The molecule has 1 aromatic heterocycles. The predicted octanol–water partition coefficient (Wildman–Crippen LogP) is 6.97. The van der Waals surface area contributed by atoms with Crippen LogP contribution in [0.4, 0.5) is 14.5 Å². The van der Waals surface area contributed by atoms with E-state index < -0.39 is 18.5 Å². The summed E-state index contributed by atoms with van der Waals surface area (Å²) < 4.78 is 45.6. The van der Waals surface area contributed by atoms with Gasteiger partial charge in [-0.15, -0.1) is 0 Å². The van der Waals surface area contributed by atoms with Crippen LogP contribution in [-0.4, -0.2) is 73.1 Å². The molecule has 2 aliphatic heterocycles. The summed E-state index contributed by atoms with van der Waals surface area (Å²) in [4.78, 5) is 31.1. The molecule has 0 spiro atoms. The number of aromatic nitrogens is 1. The summed E-state index contributed by atoms with van der Waals surface area (Å²) in [5, 5.41) is 9.75. The minimum absolute atomic E-state index is 0.0635. The van der Waals surface area contributed by atoms with Crippen LogP contribution in [0.3, 0.4) is 0 Å². The number of likely N-dealkylation sites (tertiary alicyclic amines) is 1. The largest absolute Gasteiger partial charge is 0.496 e. The zero-order chi connectivity index (χ0) is 38.3. The normalized spacial score (nSPS) is 19.1. The molecule has 0 aliphatic carbocycles. The molecular formula is C41H51F2N5O4. The van der Waals surface area contributed by atoms with Gasteiger partial charge < -0.3 is 23.8 Å². The molecule has 52 heavy (non-hydrogen) atoms. The van der Waals surface area contributed by atoms with Crippen molar-refractivity contribution in [2.75, 3.05) is 45.8 Å². The van der Waals surface area contributed by atoms with E-state index in [0.29, 0.717) is 42.1 Å². The predicted molar refractivity (Wildman–Crippen MR) is 200 cm³/mol. The molecule has 2 unspecified atom stereocenters. The lowest BCUT2D eigenvalue weighted by Crippen LogP contribution is -2.57. The van der Waals surface area contributed by atoms with Crippen LogP contribution in [-0.2, 0) is 24.8 Å². The van der Waals surface area contributed by atoms with Crippen molar-refractivity contribution in [1.29, 1.82) is 5.26 Å². The van der Waals surface area contributed by atoms with Crippen molar-refractivity contribution in [3.63, 3.8) is 0 Å². The highest BCUT2D eigenvalue weighted by molar-refractivity contribution is 5.97. The number of halogens is 2. The molecule has 5 rings (SSSR count). The summed E-state index contributed by atoms with van der Waals surface area (Å²) in [6.07, 6.45) is 4.22. The number of allylic oxidation sites excluding steroid dienone is 1. The fourth-order valence-corrected chi connectivity index (χ4v) is 7.75. The molecular weight excluding hydrogens is 664 g/mol. The summed E-state index contributed by atoms with van der Waals surface area (Å²) in [6.45, 7) is 12.1. The first-order chi connectivity index (χ1) is 24.4. The van der Waals surface area contributed by atoms with E-state index in [4.69, 9.17) is 9.47 Å². The third-order valence-corrected chi connectivity index (χ3v) is 10.6. The van der Waals surface area contributed by atoms with Gasteiger partial charge in [-0.1, -0.05) is 39.0 Å². The Hall–Kier alpha value is -4.69. The number of hydrogen-bond acceptors (Lipinski definition) is 7. The molecule has 1 amide bonds. The smallest absolute Gasteiger partial charge is 0.280 e. The maximum absolute atomic E-state index is 16.2. The van der Waals surface area contributed by atoms with E-state index in [2.05, 4.69) is 6.07 Å². The molecule has 0 saturated carbocycles. The summed E-state index contributed by atoms with van der Waals surface area (Å²) in [5.41, 5.74) is 6.17. The second-order valence-electron chi connectivity index (χ2n) is 15.3. The van der Waals surface area contributed by atoms with Crippen LogP contribution in [0, 0.1) is 30.6 Å². The molecule has 0 bridgehead atoms. The standard InChI is InChI=1S/C41H51F2N5O4/c1-25-26(2)38(49)45(7)22-32(25)28-18-35(51-9)33(36(19-28)52-10)23-47-16-15-37(41(42,43)24-47)46(8)34-13-11-12-30-27(3)48(17-14-31(30)34)39(50)29(21-44)20-40(4,5)6/h11-13,18-20,22,27,37H,14-17,23-24H2,1-10H3. The Morgan fingerprint density at radius 3 is 2.35 bits per heavy atom. The molecule has 11 heteroatoms. The Morgan fingerprint density at radius 2 is 1.77 bits per heavy atom. The number of carbonyl (C=O) groups excluding carboxylic acids is 1. The van der Waals surface area contributed by atoms with E-state index >= 15 is 8.78 Å². The van der Waals surface area contributed by atoms with Crippen LogP contribution in [0.1, 0.15) is 68.0 Å². The number of ether oxygens (including phenoxy) is 2. The average molecular weight is 716 g/mol. The van der Waals surface area contributed by atoms with Crippen LogP contribution in [0.2, 0.25) is 0 Å². The molecule has 0 N–H and O–H groups in total. The third kappa shape index (κ3) is 7.45. The molecule has 1 fully saturated rings. The Labute approximate surface area is 306 Å². The molecule has 9 nitrogen and oxygen atoms in total. The Bertz CT molecular complexity index is 1970. The van der Waals surface area contributed by atoms with E-state index in [0.717, 1.165) is 33.5 Å². The molecule has 2 aromatic carbocycles. The summed E-state index contributed by atoms with van der Waals surface area (Å²) in [7, 11) is 6.56. The van der Waals surface area contributed by atoms with Gasteiger partial charge in [0, 0.05) is 56.7 Å². The number of alkyl halides is 2. The van der Waals surface area contributed by atoms with Gasteiger partial charge in [-0.25, -0.2) is 8.78 Å². The first-order valence-electron chi connectivity index (χ1n) is 17.7. The first-order valence-corrected chi connectivity index (χ1v) is 17.7. The number of benzene rings is 2. The van der Waals surface area contributed by atoms with Gasteiger partial charge >= 0.3 is 0 Å². The Kier molecular flexibility index (Phi) is 10.9. The summed E-state index contributed by atoms with van der Waals surface area (Å²) in [5.74, 6) is -2.30. The first kappa shape index (κ1) is 38.5. The van der Waals surface area contributed by atoms with Crippen LogP contribution < -0.4 is 19.9 Å². The molecule has 2 atom stereocenters. The zero-order valence-electron chi connectivity index (χ0n) is 32.1. The van der Waals surface area contributed by atoms with E-state index in [9.17, 15) is 14.9 Å². The lowest BCUT2D eigenvalue weighted by Gasteiger charge is -2.44. The quantitative estimate of drug-likeness (QED) is 0.184. The number of piperidine rings is 1. The van der Waals surface area contributed by atoms with E-state index in [-0.39, 0.29) is 41.5 Å². The molecule has 278 valence electrons. The summed E-state index contributed by atoms with van der Waals surface area (Å²) >= 11 is 0. The van der Waals surface area contributed by atoms with Gasteiger partial charge in [-0.05, 0) is 79.5 Å². The number of anilines is 1. The van der Waals surface area contributed by atoms with Crippen molar-refractivity contribution >= 4 is 11.6 Å². The highest BCUT2D eigenvalue weighted by atomic mass is 19.3. The van der Waals surface area contributed by atoms with Gasteiger partial charge in [0.25, 0.3) is 17.4 Å². The van der Waals surface area contributed by atoms with Gasteiger partial charge in [-0.3, -0.25) is 14.5 Å². The number of methoxy groups -OCH3 is 2. The van der Waals surface area contributed by atoms with Crippen molar-refractivity contribution in [3.8, 4) is 28.7 Å². The highest BCUT2D eigenvalue weighted by Crippen LogP contribution is 2.42. The molecule has 3 heterocycles. The Balaban J connectivity index is 1.36. The number of nitriles is 1. The third-order valence-electron chi connectivity index (χ3n) is 10.6.